The van der Waals surface area contributed by atoms with Gasteiger partial charge in [-0.2, -0.15) is 0 Å². The number of rotatable bonds is 2. The van der Waals surface area contributed by atoms with E-state index in [1.165, 1.54) is 10.9 Å². The van der Waals surface area contributed by atoms with E-state index in [0.29, 0.717) is 6.54 Å². The van der Waals surface area contributed by atoms with Crippen molar-refractivity contribution >= 4 is 26.8 Å². The summed E-state index contributed by atoms with van der Waals surface area (Å²) < 4.78 is 8.50. The third-order valence-corrected chi connectivity index (χ3v) is 3.45. The number of nitrogens with zero attached hydrogens (tertiary/aromatic N) is 2. The molecule has 0 amide bonds. The topological polar surface area (TPSA) is 31.0 Å². The maximum absolute atomic E-state index is 5.23. The van der Waals surface area contributed by atoms with Gasteiger partial charge in [-0.3, -0.25) is 0 Å². The molecular weight excluding hydrogens is 280 g/mol. The first-order valence-corrected chi connectivity index (χ1v) is 6.19. The molecule has 0 fully saturated rings. The highest BCUT2D eigenvalue weighted by atomic mass is 79.9. The molecule has 86 valence electrons. The minimum atomic E-state index is 0.709. The molecule has 0 saturated carbocycles. The quantitative estimate of drug-likeness (QED) is 0.720. The molecule has 0 aliphatic heterocycles. The Kier molecular flexibility index (Phi) is 2.52. The van der Waals surface area contributed by atoms with Crippen LogP contribution >= 0.6 is 15.9 Å². The summed E-state index contributed by atoms with van der Waals surface area (Å²) in [6.07, 6.45) is 2.06. The van der Waals surface area contributed by atoms with Crippen LogP contribution in [0, 0.1) is 6.92 Å². The number of aromatic nitrogens is 2. The Morgan fingerprint density at radius 1 is 1.35 bits per heavy atom. The van der Waals surface area contributed by atoms with E-state index in [1.807, 2.05) is 25.1 Å². The molecule has 0 aliphatic rings. The predicted octanol–water partition coefficient (Wildman–Crippen LogP) is 3.75. The SMILES string of the molecule is Cc1cc(Cn2ccc3c(Br)cccc32)on1. The summed E-state index contributed by atoms with van der Waals surface area (Å²) in [5, 5.41) is 5.11. The number of hydrogen-bond donors (Lipinski definition) is 0. The maximum atomic E-state index is 5.23. The highest BCUT2D eigenvalue weighted by Crippen LogP contribution is 2.25. The minimum Gasteiger partial charge on any atom is -0.359 e. The third-order valence-electron chi connectivity index (χ3n) is 2.76. The normalized spacial score (nSPS) is 11.2. The Labute approximate surface area is 107 Å². The van der Waals surface area contributed by atoms with E-state index in [4.69, 9.17) is 4.52 Å². The molecule has 3 nitrogen and oxygen atoms in total. The van der Waals surface area contributed by atoms with Crippen molar-refractivity contribution in [2.45, 2.75) is 13.5 Å². The van der Waals surface area contributed by atoms with E-state index < -0.39 is 0 Å². The van der Waals surface area contributed by atoms with Crippen molar-refractivity contribution in [3.63, 3.8) is 0 Å². The molecule has 0 bridgehead atoms. The second kappa shape index (κ2) is 4.04. The van der Waals surface area contributed by atoms with Gasteiger partial charge in [-0.25, -0.2) is 0 Å². The molecule has 3 rings (SSSR count). The zero-order chi connectivity index (χ0) is 11.8. The molecule has 0 spiro atoms. The number of aryl methyl sites for hydroxylation is 1. The van der Waals surface area contributed by atoms with Crippen LogP contribution in [0.5, 0.6) is 0 Å². The van der Waals surface area contributed by atoms with Gasteiger partial charge in [0.15, 0.2) is 5.76 Å². The van der Waals surface area contributed by atoms with Crippen LogP contribution < -0.4 is 0 Å². The molecule has 0 N–H and O–H groups in total. The van der Waals surface area contributed by atoms with Crippen LogP contribution in [0.2, 0.25) is 0 Å². The fraction of sp³-hybridized carbons (Fsp3) is 0.154. The van der Waals surface area contributed by atoms with Crippen molar-refractivity contribution in [3.8, 4) is 0 Å². The number of hydrogen-bond acceptors (Lipinski definition) is 2. The van der Waals surface area contributed by atoms with Crippen molar-refractivity contribution < 1.29 is 4.52 Å². The Morgan fingerprint density at radius 2 is 2.24 bits per heavy atom. The molecule has 1 aromatic carbocycles. The van der Waals surface area contributed by atoms with Gasteiger partial charge in [-0.1, -0.05) is 27.2 Å². The van der Waals surface area contributed by atoms with E-state index in [2.05, 4.69) is 44.0 Å². The van der Waals surface area contributed by atoms with Crippen LogP contribution in [0.4, 0.5) is 0 Å². The van der Waals surface area contributed by atoms with Gasteiger partial charge < -0.3 is 9.09 Å². The molecule has 4 heteroatoms. The van der Waals surface area contributed by atoms with Crippen LogP contribution in [0.3, 0.4) is 0 Å². The third kappa shape index (κ3) is 1.89. The second-order valence-electron chi connectivity index (χ2n) is 4.05. The largest absolute Gasteiger partial charge is 0.359 e. The van der Waals surface area contributed by atoms with Crippen LogP contribution in [0.15, 0.2) is 45.5 Å². The number of benzene rings is 1. The Morgan fingerprint density at radius 3 is 3.00 bits per heavy atom. The molecule has 0 atom stereocenters. The predicted molar refractivity (Wildman–Crippen MR) is 70.0 cm³/mol. The average molecular weight is 291 g/mol. The first-order valence-electron chi connectivity index (χ1n) is 5.39. The molecule has 0 unspecified atom stereocenters. The Balaban J connectivity index is 2.04. The first-order chi connectivity index (χ1) is 8.24. The van der Waals surface area contributed by atoms with E-state index >= 15 is 0 Å². The monoisotopic (exact) mass is 290 g/mol. The van der Waals surface area contributed by atoms with Gasteiger partial charge in [0, 0.05) is 27.6 Å². The van der Waals surface area contributed by atoms with E-state index in [9.17, 15) is 0 Å². The summed E-state index contributed by atoms with van der Waals surface area (Å²) >= 11 is 3.55. The lowest BCUT2D eigenvalue weighted by molar-refractivity contribution is 0.374. The molecule has 2 aromatic heterocycles. The van der Waals surface area contributed by atoms with Crippen molar-refractivity contribution in [2.24, 2.45) is 0 Å². The van der Waals surface area contributed by atoms with Gasteiger partial charge in [0.2, 0.25) is 0 Å². The molecule has 3 aromatic rings. The lowest BCUT2D eigenvalue weighted by Crippen LogP contribution is -1.96. The van der Waals surface area contributed by atoms with Crippen LogP contribution in [-0.4, -0.2) is 9.72 Å². The molecule has 0 saturated heterocycles. The summed E-state index contributed by atoms with van der Waals surface area (Å²) in [7, 11) is 0. The van der Waals surface area contributed by atoms with Gasteiger partial charge in [0.05, 0.1) is 12.2 Å². The van der Waals surface area contributed by atoms with Crippen LogP contribution in [0.25, 0.3) is 10.9 Å². The summed E-state index contributed by atoms with van der Waals surface area (Å²) in [6.45, 7) is 2.64. The minimum absolute atomic E-state index is 0.709. The van der Waals surface area contributed by atoms with E-state index in [0.717, 1.165) is 15.9 Å². The zero-order valence-corrected chi connectivity index (χ0v) is 10.9. The van der Waals surface area contributed by atoms with E-state index in [1.54, 1.807) is 0 Å². The zero-order valence-electron chi connectivity index (χ0n) is 9.35. The lowest BCUT2D eigenvalue weighted by atomic mass is 10.2. The summed E-state index contributed by atoms with van der Waals surface area (Å²) in [5.41, 5.74) is 2.10. The van der Waals surface area contributed by atoms with Gasteiger partial charge in [0.1, 0.15) is 0 Å². The Bertz CT molecular complexity index is 669. The smallest absolute Gasteiger partial charge is 0.156 e. The number of halogens is 1. The standard InChI is InChI=1S/C13H11BrN2O/c1-9-7-10(17-15-9)8-16-6-5-11-12(14)3-2-4-13(11)16/h2-7H,8H2,1H3. The van der Waals surface area contributed by atoms with Crippen molar-refractivity contribution in [1.29, 1.82) is 0 Å². The van der Waals surface area contributed by atoms with Gasteiger partial charge in [-0.15, -0.1) is 0 Å². The molecule has 2 heterocycles. The first kappa shape index (κ1) is 10.6. The fourth-order valence-corrected chi connectivity index (χ4v) is 2.47. The summed E-state index contributed by atoms with van der Waals surface area (Å²) in [5.74, 6) is 0.875. The van der Waals surface area contributed by atoms with Crippen molar-refractivity contribution in [2.75, 3.05) is 0 Å². The van der Waals surface area contributed by atoms with Crippen molar-refractivity contribution in [1.82, 2.24) is 9.72 Å². The van der Waals surface area contributed by atoms with E-state index in [-0.39, 0.29) is 0 Å². The maximum Gasteiger partial charge on any atom is 0.156 e. The molecular formula is C13H11BrN2O. The van der Waals surface area contributed by atoms with Crippen LogP contribution in [0.1, 0.15) is 11.5 Å². The fourth-order valence-electron chi connectivity index (χ4n) is 1.98. The van der Waals surface area contributed by atoms with Gasteiger partial charge in [-0.05, 0) is 25.1 Å². The molecule has 17 heavy (non-hydrogen) atoms. The highest BCUT2D eigenvalue weighted by Gasteiger charge is 2.06. The number of fused-ring (bicyclic) bond motifs is 1. The van der Waals surface area contributed by atoms with Gasteiger partial charge >= 0.3 is 0 Å². The van der Waals surface area contributed by atoms with Crippen LogP contribution in [-0.2, 0) is 6.54 Å². The summed E-state index contributed by atoms with van der Waals surface area (Å²) in [6, 6.07) is 10.2. The van der Waals surface area contributed by atoms with Gasteiger partial charge in [0.25, 0.3) is 0 Å². The second-order valence-corrected chi connectivity index (χ2v) is 4.91. The molecule has 0 radical (unpaired) electrons. The molecule has 0 aliphatic carbocycles. The highest BCUT2D eigenvalue weighted by molar-refractivity contribution is 9.10. The lowest BCUT2D eigenvalue weighted by Gasteiger charge is -2.02. The Hall–Kier alpha value is -1.55. The summed E-state index contributed by atoms with van der Waals surface area (Å²) in [4.78, 5) is 0. The average Bonchev–Trinajstić information content (AvgIpc) is 2.88. The van der Waals surface area contributed by atoms with Crippen molar-refractivity contribution in [3.05, 3.63) is 52.5 Å².